The first-order valence-corrected chi connectivity index (χ1v) is 9.11. The van der Waals surface area contributed by atoms with Crippen molar-refractivity contribution in [3.05, 3.63) is 16.6 Å². The van der Waals surface area contributed by atoms with Gasteiger partial charge in [-0.1, -0.05) is 6.92 Å². The third-order valence-corrected chi connectivity index (χ3v) is 6.50. The van der Waals surface area contributed by atoms with E-state index in [4.69, 9.17) is 9.47 Å². The van der Waals surface area contributed by atoms with Gasteiger partial charge in [-0.2, -0.15) is 4.31 Å². The highest BCUT2D eigenvalue weighted by atomic mass is 79.9. The fourth-order valence-electron chi connectivity index (χ4n) is 2.59. The summed E-state index contributed by atoms with van der Waals surface area (Å²) in [4.78, 5) is 0.0912. The van der Waals surface area contributed by atoms with E-state index in [0.29, 0.717) is 23.3 Å². The van der Waals surface area contributed by atoms with E-state index in [0.717, 1.165) is 0 Å². The van der Waals surface area contributed by atoms with Gasteiger partial charge in [-0.3, -0.25) is 0 Å². The molecule has 0 unspecified atom stereocenters. The van der Waals surface area contributed by atoms with E-state index in [1.54, 1.807) is 6.07 Å². The molecule has 1 saturated heterocycles. The molecule has 1 N–H and O–H groups in total. The van der Waals surface area contributed by atoms with Crippen molar-refractivity contribution in [2.45, 2.75) is 11.8 Å². The first-order chi connectivity index (χ1) is 10.3. The Balaban J connectivity index is 2.44. The molecule has 2 atom stereocenters. The van der Waals surface area contributed by atoms with Gasteiger partial charge >= 0.3 is 0 Å². The fourth-order valence-corrected chi connectivity index (χ4v) is 5.01. The summed E-state index contributed by atoms with van der Waals surface area (Å²) in [5.74, 6) is 0.814. The quantitative estimate of drug-likeness (QED) is 0.823. The van der Waals surface area contributed by atoms with Gasteiger partial charge in [-0.15, -0.1) is 0 Å². The van der Waals surface area contributed by atoms with E-state index >= 15 is 0 Å². The van der Waals surface area contributed by atoms with Gasteiger partial charge in [0.05, 0.1) is 18.7 Å². The Hall–Kier alpha value is -0.830. The molecule has 22 heavy (non-hydrogen) atoms. The summed E-state index contributed by atoms with van der Waals surface area (Å²) in [6, 6.07) is 3.03. The first kappa shape index (κ1) is 17.5. The minimum atomic E-state index is -3.69. The molecule has 1 aromatic carbocycles. The third kappa shape index (κ3) is 3.10. The molecule has 0 radical (unpaired) electrons. The van der Waals surface area contributed by atoms with Crippen LogP contribution in [0.3, 0.4) is 0 Å². The zero-order valence-electron chi connectivity index (χ0n) is 12.7. The number of aliphatic hydroxyl groups is 1. The molecule has 1 aromatic rings. The van der Waals surface area contributed by atoms with E-state index < -0.39 is 10.0 Å². The predicted octanol–water partition coefficient (Wildman–Crippen LogP) is 1.72. The average molecular weight is 394 g/mol. The highest BCUT2D eigenvalue weighted by Crippen LogP contribution is 2.38. The lowest BCUT2D eigenvalue weighted by molar-refractivity contribution is 0.210. The zero-order valence-corrected chi connectivity index (χ0v) is 15.1. The first-order valence-electron chi connectivity index (χ1n) is 6.87. The molecule has 1 fully saturated rings. The highest BCUT2D eigenvalue weighted by molar-refractivity contribution is 9.10. The number of hydrogen-bond donors (Lipinski definition) is 1. The maximum absolute atomic E-state index is 12.9. The van der Waals surface area contributed by atoms with Crippen molar-refractivity contribution in [3.63, 3.8) is 0 Å². The van der Waals surface area contributed by atoms with Crippen molar-refractivity contribution < 1.29 is 23.0 Å². The summed E-state index contributed by atoms with van der Waals surface area (Å²) in [5.41, 5.74) is 0. The van der Waals surface area contributed by atoms with Crippen LogP contribution in [0.5, 0.6) is 11.5 Å². The Labute approximate surface area is 139 Å². The number of nitrogens with zero attached hydrogens (tertiary/aromatic N) is 1. The Bertz CT molecular complexity index is 649. The summed E-state index contributed by atoms with van der Waals surface area (Å²) in [7, 11) is -0.770. The number of sulfonamides is 1. The second kappa shape index (κ2) is 6.74. The molecule has 1 aliphatic heterocycles. The van der Waals surface area contributed by atoms with Crippen molar-refractivity contribution in [2.75, 3.05) is 33.9 Å². The summed E-state index contributed by atoms with van der Waals surface area (Å²) >= 11 is 3.31. The Kier molecular flexibility index (Phi) is 5.37. The van der Waals surface area contributed by atoms with Gasteiger partial charge in [0, 0.05) is 25.8 Å². The molecule has 0 bridgehead atoms. The number of aliphatic hydroxyl groups excluding tert-OH is 1. The Morgan fingerprint density at radius 2 is 1.91 bits per heavy atom. The van der Waals surface area contributed by atoms with E-state index in [2.05, 4.69) is 15.9 Å². The van der Waals surface area contributed by atoms with Gasteiger partial charge in [0.2, 0.25) is 10.0 Å². The van der Waals surface area contributed by atoms with Gasteiger partial charge in [0.1, 0.15) is 16.4 Å². The number of benzene rings is 1. The normalized spacial score (nSPS) is 22.8. The van der Waals surface area contributed by atoms with E-state index in [9.17, 15) is 13.5 Å². The maximum atomic E-state index is 12.9. The van der Waals surface area contributed by atoms with Crippen molar-refractivity contribution in [1.82, 2.24) is 4.31 Å². The molecule has 124 valence electrons. The standard InChI is InChI=1S/C14H20BrNO5S/c1-9-6-16(7-10(9)8-17)22(18,19)14-4-11(15)12(20-2)5-13(14)21-3/h4-5,9-10,17H,6-8H2,1-3H3/t9-,10+/m1/s1. The number of methoxy groups -OCH3 is 2. The topological polar surface area (TPSA) is 76.1 Å². The minimum absolute atomic E-state index is 0.0172. The van der Waals surface area contributed by atoms with Crippen LogP contribution in [0.4, 0.5) is 0 Å². The number of hydrogen-bond acceptors (Lipinski definition) is 5. The molecular formula is C14H20BrNO5S. The van der Waals surface area contributed by atoms with Gasteiger partial charge in [-0.05, 0) is 33.8 Å². The smallest absolute Gasteiger partial charge is 0.246 e. The van der Waals surface area contributed by atoms with Crippen LogP contribution in [0.2, 0.25) is 0 Å². The molecular weight excluding hydrogens is 374 g/mol. The van der Waals surface area contributed by atoms with E-state index in [1.807, 2.05) is 6.92 Å². The van der Waals surface area contributed by atoms with Crippen LogP contribution >= 0.6 is 15.9 Å². The molecule has 2 rings (SSSR count). The summed E-state index contributed by atoms with van der Waals surface area (Å²) in [6.07, 6.45) is 0. The minimum Gasteiger partial charge on any atom is -0.495 e. The average Bonchev–Trinajstić information content (AvgIpc) is 2.88. The summed E-state index contributed by atoms with van der Waals surface area (Å²) in [6.45, 7) is 2.63. The van der Waals surface area contributed by atoms with Crippen molar-refractivity contribution in [1.29, 1.82) is 0 Å². The predicted molar refractivity (Wildman–Crippen MR) is 85.7 cm³/mol. The second-order valence-electron chi connectivity index (χ2n) is 5.38. The largest absolute Gasteiger partial charge is 0.495 e. The van der Waals surface area contributed by atoms with Crippen LogP contribution in [0.1, 0.15) is 6.92 Å². The van der Waals surface area contributed by atoms with Crippen LogP contribution in [-0.4, -0.2) is 51.7 Å². The van der Waals surface area contributed by atoms with E-state index in [-0.39, 0.29) is 29.1 Å². The zero-order chi connectivity index (χ0) is 16.5. The molecule has 0 amide bonds. The van der Waals surface area contributed by atoms with Gasteiger partial charge in [-0.25, -0.2) is 8.42 Å². The molecule has 0 aliphatic carbocycles. The Morgan fingerprint density at radius 3 is 2.41 bits per heavy atom. The number of halogens is 1. The lowest BCUT2D eigenvalue weighted by Crippen LogP contribution is -2.29. The van der Waals surface area contributed by atoms with Gasteiger partial charge < -0.3 is 14.6 Å². The molecule has 6 nitrogen and oxygen atoms in total. The summed E-state index contributed by atoms with van der Waals surface area (Å²) in [5, 5.41) is 9.33. The van der Waals surface area contributed by atoms with Crippen LogP contribution in [0.15, 0.2) is 21.5 Å². The molecule has 0 aromatic heterocycles. The Morgan fingerprint density at radius 1 is 1.27 bits per heavy atom. The lowest BCUT2D eigenvalue weighted by Gasteiger charge is -2.19. The van der Waals surface area contributed by atoms with Crippen LogP contribution in [-0.2, 0) is 10.0 Å². The van der Waals surface area contributed by atoms with Crippen LogP contribution in [0, 0.1) is 11.8 Å². The molecule has 1 aliphatic rings. The SMILES string of the molecule is COc1cc(OC)c(S(=O)(=O)N2C[C@@H](CO)[C@H](C)C2)cc1Br. The molecule has 1 heterocycles. The summed E-state index contributed by atoms with van der Waals surface area (Å²) < 4.78 is 38.1. The van der Waals surface area contributed by atoms with Crippen molar-refractivity contribution in [3.8, 4) is 11.5 Å². The van der Waals surface area contributed by atoms with Gasteiger partial charge in [0.25, 0.3) is 0 Å². The van der Waals surface area contributed by atoms with Gasteiger partial charge in [0.15, 0.2) is 0 Å². The van der Waals surface area contributed by atoms with Crippen LogP contribution < -0.4 is 9.47 Å². The number of ether oxygens (including phenoxy) is 2. The number of rotatable bonds is 5. The highest BCUT2D eigenvalue weighted by Gasteiger charge is 2.38. The van der Waals surface area contributed by atoms with Crippen LogP contribution in [0.25, 0.3) is 0 Å². The third-order valence-electron chi connectivity index (χ3n) is 4.02. The van der Waals surface area contributed by atoms with E-state index in [1.165, 1.54) is 24.6 Å². The maximum Gasteiger partial charge on any atom is 0.246 e. The molecule has 0 spiro atoms. The fraction of sp³-hybridized carbons (Fsp3) is 0.571. The van der Waals surface area contributed by atoms with Crippen molar-refractivity contribution >= 4 is 26.0 Å². The lowest BCUT2D eigenvalue weighted by atomic mass is 10.00. The monoisotopic (exact) mass is 393 g/mol. The molecule has 0 saturated carbocycles. The molecule has 8 heteroatoms. The second-order valence-corrected chi connectivity index (χ2v) is 8.14. The van der Waals surface area contributed by atoms with Crippen molar-refractivity contribution in [2.24, 2.45) is 11.8 Å².